The van der Waals surface area contributed by atoms with Crippen molar-refractivity contribution in [2.24, 2.45) is 7.05 Å². The van der Waals surface area contributed by atoms with Gasteiger partial charge >= 0.3 is 6.03 Å². The van der Waals surface area contributed by atoms with Crippen molar-refractivity contribution in [3.8, 4) is 0 Å². The molecule has 2 amide bonds. The number of rotatable bonds is 7. The van der Waals surface area contributed by atoms with Crippen LogP contribution in [0.25, 0.3) is 0 Å². The van der Waals surface area contributed by atoms with Crippen LogP contribution in [0.1, 0.15) is 12.0 Å². The van der Waals surface area contributed by atoms with E-state index in [-0.39, 0.29) is 6.03 Å². The van der Waals surface area contributed by atoms with Gasteiger partial charge in [-0.05, 0) is 12.0 Å². The molecule has 1 aromatic carbocycles. The molecule has 0 aliphatic rings. The molecule has 1 aromatic heterocycles. The maximum absolute atomic E-state index is 11.9. The van der Waals surface area contributed by atoms with E-state index in [2.05, 4.69) is 10.4 Å². The van der Waals surface area contributed by atoms with Gasteiger partial charge in [0.05, 0.1) is 6.61 Å². The van der Waals surface area contributed by atoms with E-state index < -0.39 is 0 Å². The third-order valence-corrected chi connectivity index (χ3v) is 3.19. The summed E-state index contributed by atoms with van der Waals surface area (Å²) in [5, 5.41) is 6.85. The summed E-state index contributed by atoms with van der Waals surface area (Å²) >= 11 is 0. The van der Waals surface area contributed by atoms with Crippen LogP contribution >= 0.6 is 0 Å². The number of hydrogen-bond donors (Lipinski definition) is 1. The number of urea groups is 1. The largest absolute Gasteiger partial charge is 0.377 e. The third-order valence-electron chi connectivity index (χ3n) is 3.19. The number of carbonyl (C=O) groups excluding carboxylic acids is 1. The van der Waals surface area contributed by atoms with Crippen LogP contribution in [-0.4, -0.2) is 40.9 Å². The standard InChI is InChI=1S/C16H22N4O2/c1-19(16(21)17-15-9-11-20(2)18-15)10-6-12-22-13-14-7-4-3-5-8-14/h3-5,7-9,11H,6,10,12-13H2,1-2H3,(H,17,18,21). The molecule has 118 valence electrons. The first-order chi connectivity index (χ1) is 10.6. The highest BCUT2D eigenvalue weighted by atomic mass is 16.5. The van der Waals surface area contributed by atoms with Gasteiger partial charge in [-0.3, -0.25) is 10.00 Å². The minimum atomic E-state index is -0.165. The Kier molecular flexibility index (Phi) is 5.97. The van der Waals surface area contributed by atoms with Crippen molar-refractivity contribution in [3.05, 3.63) is 48.2 Å². The van der Waals surface area contributed by atoms with Crippen molar-refractivity contribution in [2.75, 3.05) is 25.5 Å². The monoisotopic (exact) mass is 302 g/mol. The summed E-state index contributed by atoms with van der Waals surface area (Å²) in [6.07, 6.45) is 2.58. The van der Waals surface area contributed by atoms with Crippen molar-refractivity contribution in [3.63, 3.8) is 0 Å². The van der Waals surface area contributed by atoms with Crippen LogP contribution in [0.4, 0.5) is 10.6 Å². The number of aryl methyl sites for hydroxylation is 1. The van der Waals surface area contributed by atoms with Crippen LogP contribution in [0, 0.1) is 0 Å². The Morgan fingerprint density at radius 3 is 2.77 bits per heavy atom. The fourth-order valence-electron chi connectivity index (χ4n) is 1.96. The summed E-state index contributed by atoms with van der Waals surface area (Å²) in [6.45, 7) is 1.86. The van der Waals surface area contributed by atoms with Gasteiger partial charge in [0.15, 0.2) is 5.82 Å². The first kappa shape index (κ1) is 16.0. The third kappa shape index (κ3) is 5.21. The Morgan fingerprint density at radius 2 is 2.09 bits per heavy atom. The molecule has 1 N–H and O–H groups in total. The zero-order valence-corrected chi connectivity index (χ0v) is 13.0. The molecular weight excluding hydrogens is 280 g/mol. The smallest absolute Gasteiger partial charge is 0.322 e. The first-order valence-electron chi connectivity index (χ1n) is 7.28. The van der Waals surface area contributed by atoms with Crippen molar-refractivity contribution in [1.29, 1.82) is 0 Å². The number of ether oxygens (including phenoxy) is 1. The molecular formula is C16H22N4O2. The van der Waals surface area contributed by atoms with Gasteiger partial charge in [-0.1, -0.05) is 30.3 Å². The van der Waals surface area contributed by atoms with Crippen LogP contribution in [0.2, 0.25) is 0 Å². The molecule has 0 saturated heterocycles. The highest BCUT2D eigenvalue weighted by molar-refractivity contribution is 5.87. The summed E-state index contributed by atoms with van der Waals surface area (Å²) in [5.41, 5.74) is 1.16. The highest BCUT2D eigenvalue weighted by Gasteiger charge is 2.09. The number of nitrogens with one attached hydrogen (secondary N) is 1. The number of aromatic nitrogens is 2. The molecule has 2 aromatic rings. The molecule has 0 aliphatic carbocycles. The van der Waals surface area contributed by atoms with E-state index in [9.17, 15) is 4.79 Å². The molecule has 2 rings (SSSR count). The topological polar surface area (TPSA) is 59.4 Å². The second-order valence-electron chi connectivity index (χ2n) is 5.12. The zero-order chi connectivity index (χ0) is 15.8. The number of anilines is 1. The van der Waals surface area contributed by atoms with Gasteiger partial charge in [0.2, 0.25) is 0 Å². The van der Waals surface area contributed by atoms with Crippen LogP contribution in [0.5, 0.6) is 0 Å². The Morgan fingerprint density at radius 1 is 1.32 bits per heavy atom. The van der Waals surface area contributed by atoms with Gasteiger partial charge < -0.3 is 9.64 Å². The SMILES string of the molecule is CN(CCCOCc1ccccc1)C(=O)Nc1ccn(C)n1. The van der Waals surface area contributed by atoms with Gasteiger partial charge in [0.1, 0.15) is 0 Å². The number of amides is 2. The second kappa shape index (κ2) is 8.19. The second-order valence-corrected chi connectivity index (χ2v) is 5.12. The molecule has 0 aliphatic heterocycles. The highest BCUT2D eigenvalue weighted by Crippen LogP contribution is 2.04. The van der Waals surface area contributed by atoms with Gasteiger partial charge in [-0.25, -0.2) is 4.79 Å². The molecule has 22 heavy (non-hydrogen) atoms. The lowest BCUT2D eigenvalue weighted by Crippen LogP contribution is -2.32. The number of hydrogen-bond acceptors (Lipinski definition) is 3. The van der Waals surface area contributed by atoms with Crippen LogP contribution in [-0.2, 0) is 18.4 Å². The molecule has 0 bridgehead atoms. The minimum absolute atomic E-state index is 0.165. The van der Waals surface area contributed by atoms with E-state index in [0.717, 1.165) is 12.0 Å². The van der Waals surface area contributed by atoms with E-state index in [1.165, 1.54) is 0 Å². The van der Waals surface area contributed by atoms with Crippen LogP contribution < -0.4 is 5.32 Å². The van der Waals surface area contributed by atoms with Gasteiger partial charge in [-0.15, -0.1) is 0 Å². The fraction of sp³-hybridized carbons (Fsp3) is 0.375. The van der Waals surface area contributed by atoms with Gasteiger partial charge in [-0.2, -0.15) is 5.10 Å². The predicted octanol–water partition coefficient (Wildman–Crippen LogP) is 2.49. The summed E-state index contributed by atoms with van der Waals surface area (Å²) in [7, 11) is 3.57. The molecule has 0 saturated carbocycles. The first-order valence-corrected chi connectivity index (χ1v) is 7.28. The van der Waals surface area contributed by atoms with E-state index in [0.29, 0.717) is 25.6 Å². The molecule has 0 fully saturated rings. The van der Waals surface area contributed by atoms with Crippen molar-refractivity contribution in [2.45, 2.75) is 13.0 Å². The number of carbonyl (C=O) groups is 1. The normalized spacial score (nSPS) is 10.5. The van der Waals surface area contributed by atoms with E-state index in [1.807, 2.05) is 37.4 Å². The Labute approximate surface area is 130 Å². The van der Waals surface area contributed by atoms with E-state index in [1.54, 1.807) is 28.9 Å². The van der Waals surface area contributed by atoms with E-state index >= 15 is 0 Å². The Bertz CT molecular complexity index is 583. The summed E-state index contributed by atoms with van der Waals surface area (Å²) in [5.74, 6) is 0.555. The van der Waals surface area contributed by atoms with Crippen molar-refractivity contribution < 1.29 is 9.53 Å². The quantitative estimate of drug-likeness (QED) is 0.799. The van der Waals surface area contributed by atoms with Crippen LogP contribution in [0.3, 0.4) is 0 Å². The van der Waals surface area contributed by atoms with Crippen LogP contribution in [0.15, 0.2) is 42.6 Å². The average molecular weight is 302 g/mol. The lowest BCUT2D eigenvalue weighted by atomic mass is 10.2. The maximum atomic E-state index is 11.9. The molecule has 1 heterocycles. The van der Waals surface area contributed by atoms with Gasteiger partial charge in [0.25, 0.3) is 0 Å². The molecule has 6 nitrogen and oxygen atoms in total. The van der Waals surface area contributed by atoms with Crippen molar-refractivity contribution in [1.82, 2.24) is 14.7 Å². The number of nitrogens with zero attached hydrogens (tertiary/aromatic N) is 3. The molecule has 0 atom stereocenters. The van der Waals surface area contributed by atoms with E-state index in [4.69, 9.17) is 4.74 Å². The fourth-order valence-corrected chi connectivity index (χ4v) is 1.96. The Balaban J connectivity index is 1.61. The molecule has 6 heteroatoms. The number of benzene rings is 1. The summed E-state index contributed by atoms with van der Waals surface area (Å²) in [4.78, 5) is 13.6. The molecule has 0 spiro atoms. The minimum Gasteiger partial charge on any atom is -0.377 e. The van der Waals surface area contributed by atoms with Crippen molar-refractivity contribution >= 4 is 11.8 Å². The average Bonchev–Trinajstić information content (AvgIpc) is 2.92. The lowest BCUT2D eigenvalue weighted by molar-refractivity contribution is 0.113. The maximum Gasteiger partial charge on any atom is 0.322 e. The Hall–Kier alpha value is -2.34. The summed E-state index contributed by atoms with van der Waals surface area (Å²) < 4.78 is 7.24. The molecule has 0 unspecified atom stereocenters. The predicted molar refractivity (Wildman–Crippen MR) is 85.6 cm³/mol. The van der Waals surface area contributed by atoms with Gasteiger partial charge in [0, 0.05) is 39.5 Å². The lowest BCUT2D eigenvalue weighted by Gasteiger charge is -2.17. The zero-order valence-electron chi connectivity index (χ0n) is 13.0. The molecule has 0 radical (unpaired) electrons. The summed E-state index contributed by atoms with van der Waals surface area (Å²) in [6, 6.07) is 11.6.